The summed E-state index contributed by atoms with van der Waals surface area (Å²) in [5.41, 5.74) is 0. The predicted molar refractivity (Wildman–Crippen MR) is 82.9 cm³/mol. The van der Waals surface area contributed by atoms with Crippen LogP contribution in [-0.4, -0.2) is 38.8 Å². The highest BCUT2D eigenvalue weighted by Crippen LogP contribution is 2.20. The molecular formula is C16H18N2O4. The number of hydrogen-bond donors (Lipinski definition) is 2. The SMILES string of the molecule is COC(=O)NCC(=O)NCCOc1ccc2ccccc2c1. The fraction of sp³-hybridized carbons (Fsp3) is 0.250. The van der Waals surface area contributed by atoms with Gasteiger partial charge >= 0.3 is 6.09 Å². The first-order valence-corrected chi connectivity index (χ1v) is 6.89. The van der Waals surface area contributed by atoms with Crippen molar-refractivity contribution in [2.45, 2.75) is 0 Å². The van der Waals surface area contributed by atoms with Gasteiger partial charge in [-0.2, -0.15) is 0 Å². The molecule has 2 aromatic rings. The van der Waals surface area contributed by atoms with Crippen LogP contribution in [0.2, 0.25) is 0 Å². The number of alkyl carbamates (subject to hydrolysis) is 1. The van der Waals surface area contributed by atoms with Crippen LogP contribution >= 0.6 is 0 Å². The number of carbonyl (C=O) groups is 2. The molecule has 0 aliphatic rings. The number of nitrogens with one attached hydrogen (secondary N) is 2. The lowest BCUT2D eigenvalue weighted by molar-refractivity contribution is -0.120. The van der Waals surface area contributed by atoms with Crippen molar-refractivity contribution in [3.63, 3.8) is 0 Å². The van der Waals surface area contributed by atoms with Gasteiger partial charge in [0.15, 0.2) is 0 Å². The second-order valence-corrected chi connectivity index (χ2v) is 4.55. The summed E-state index contributed by atoms with van der Waals surface area (Å²) in [6.07, 6.45) is -0.637. The molecule has 2 N–H and O–H groups in total. The van der Waals surface area contributed by atoms with Crippen LogP contribution in [-0.2, 0) is 9.53 Å². The van der Waals surface area contributed by atoms with E-state index in [9.17, 15) is 9.59 Å². The largest absolute Gasteiger partial charge is 0.492 e. The Bertz CT molecular complexity index is 657. The van der Waals surface area contributed by atoms with Gasteiger partial charge in [0.1, 0.15) is 12.4 Å². The van der Waals surface area contributed by atoms with E-state index < -0.39 is 6.09 Å². The molecule has 0 saturated heterocycles. The minimum atomic E-state index is -0.637. The minimum absolute atomic E-state index is 0.122. The third-order valence-electron chi connectivity index (χ3n) is 2.99. The Morgan fingerprint density at radius 3 is 2.59 bits per heavy atom. The number of amides is 2. The lowest BCUT2D eigenvalue weighted by Gasteiger charge is -2.09. The van der Waals surface area contributed by atoms with E-state index >= 15 is 0 Å². The van der Waals surface area contributed by atoms with Crippen molar-refractivity contribution in [1.29, 1.82) is 0 Å². The third-order valence-corrected chi connectivity index (χ3v) is 2.99. The molecule has 0 aliphatic carbocycles. The van der Waals surface area contributed by atoms with Crippen LogP contribution in [0, 0.1) is 0 Å². The fourth-order valence-electron chi connectivity index (χ4n) is 1.90. The number of methoxy groups -OCH3 is 1. The van der Waals surface area contributed by atoms with Crippen LogP contribution in [0.1, 0.15) is 0 Å². The van der Waals surface area contributed by atoms with E-state index in [0.717, 1.165) is 16.5 Å². The molecule has 0 spiro atoms. The molecule has 2 amide bonds. The standard InChI is InChI=1S/C16H18N2O4/c1-21-16(20)18-11-15(19)17-8-9-22-14-7-6-12-4-2-3-5-13(12)10-14/h2-7,10H,8-9,11H2,1H3,(H,17,19)(H,18,20). The Balaban J connectivity index is 1.71. The van der Waals surface area contributed by atoms with Crippen LogP contribution < -0.4 is 15.4 Å². The van der Waals surface area contributed by atoms with E-state index in [0.29, 0.717) is 13.2 Å². The van der Waals surface area contributed by atoms with Crippen LogP contribution in [0.25, 0.3) is 10.8 Å². The highest BCUT2D eigenvalue weighted by atomic mass is 16.5. The molecule has 22 heavy (non-hydrogen) atoms. The van der Waals surface area contributed by atoms with E-state index in [2.05, 4.69) is 15.4 Å². The Morgan fingerprint density at radius 1 is 1.05 bits per heavy atom. The molecule has 2 rings (SSSR count). The second kappa shape index (κ2) is 7.87. The first-order chi connectivity index (χ1) is 10.7. The molecule has 0 saturated carbocycles. The maximum absolute atomic E-state index is 11.4. The molecule has 0 fully saturated rings. The summed E-state index contributed by atoms with van der Waals surface area (Å²) in [5.74, 6) is 0.452. The normalized spacial score (nSPS) is 10.0. The van der Waals surface area contributed by atoms with E-state index in [4.69, 9.17) is 4.74 Å². The summed E-state index contributed by atoms with van der Waals surface area (Å²) < 4.78 is 9.95. The molecule has 0 bridgehead atoms. The molecule has 0 aliphatic heterocycles. The predicted octanol–water partition coefficient (Wildman–Crippen LogP) is 1.69. The van der Waals surface area contributed by atoms with Crippen molar-refractivity contribution >= 4 is 22.8 Å². The molecule has 6 nitrogen and oxygen atoms in total. The quantitative estimate of drug-likeness (QED) is 0.796. The van der Waals surface area contributed by atoms with Crippen LogP contribution in [0.3, 0.4) is 0 Å². The fourth-order valence-corrected chi connectivity index (χ4v) is 1.90. The summed E-state index contributed by atoms with van der Waals surface area (Å²) in [7, 11) is 1.24. The molecular weight excluding hydrogens is 284 g/mol. The zero-order chi connectivity index (χ0) is 15.8. The number of carbonyl (C=O) groups excluding carboxylic acids is 2. The number of hydrogen-bond acceptors (Lipinski definition) is 4. The second-order valence-electron chi connectivity index (χ2n) is 4.55. The van der Waals surface area contributed by atoms with E-state index in [-0.39, 0.29) is 12.5 Å². The zero-order valence-electron chi connectivity index (χ0n) is 12.3. The van der Waals surface area contributed by atoms with Gasteiger partial charge in [0.05, 0.1) is 20.2 Å². The van der Waals surface area contributed by atoms with E-state index in [1.165, 1.54) is 7.11 Å². The average Bonchev–Trinajstić information content (AvgIpc) is 2.56. The van der Waals surface area contributed by atoms with Crippen molar-refractivity contribution < 1.29 is 19.1 Å². The van der Waals surface area contributed by atoms with Crippen LogP contribution in [0.4, 0.5) is 4.79 Å². The van der Waals surface area contributed by atoms with Crippen LogP contribution in [0.5, 0.6) is 5.75 Å². The van der Waals surface area contributed by atoms with Gasteiger partial charge < -0.3 is 20.1 Å². The van der Waals surface area contributed by atoms with Crippen molar-refractivity contribution in [3.05, 3.63) is 42.5 Å². The molecule has 116 valence electrons. The minimum Gasteiger partial charge on any atom is -0.492 e. The highest BCUT2D eigenvalue weighted by Gasteiger charge is 2.04. The van der Waals surface area contributed by atoms with Gasteiger partial charge in [0, 0.05) is 0 Å². The van der Waals surface area contributed by atoms with E-state index in [1.54, 1.807) is 0 Å². The molecule has 0 heterocycles. The molecule has 0 unspecified atom stereocenters. The Kier molecular flexibility index (Phi) is 5.59. The molecule has 0 atom stereocenters. The smallest absolute Gasteiger partial charge is 0.407 e. The Morgan fingerprint density at radius 2 is 1.82 bits per heavy atom. The first-order valence-electron chi connectivity index (χ1n) is 6.89. The van der Waals surface area contributed by atoms with Crippen molar-refractivity contribution in [1.82, 2.24) is 10.6 Å². The van der Waals surface area contributed by atoms with Gasteiger partial charge in [-0.25, -0.2) is 4.79 Å². The van der Waals surface area contributed by atoms with E-state index in [1.807, 2.05) is 42.5 Å². The van der Waals surface area contributed by atoms with Crippen LogP contribution in [0.15, 0.2) is 42.5 Å². The highest BCUT2D eigenvalue weighted by molar-refractivity contribution is 5.83. The monoisotopic (exact) mass is 302 g/mol. The zero-order valence-corrected chi connectivity index (χ0v) is 12.3. The van der Waals surface area contributed by atoms with Crippen molar-refractivity contribution in [2.24, 2.45) is 0 Å². The molecule has 2 aromatic carbocycles. The lowest BCUT2D eigenvalue weighted by atomic mass is 10.1. The summed E-state index contributed by atoms with van der Waals surface area (Å²) in [6, 6.07) is 13.8. The van der Waals surface area contributed by atoms with Crippen molar-refractivity contribution in [2.75, 3.05) is 26.8 Å². The summed E-state index contributed by atoms with van der Waals surface area (Å²) in [5, 5.41) is 7.19. The lowest BCUT2D eigenvalue weighted by Crippen LogP contribution is -2.38. The van der Waals surface area contributed by atoms with Gasteiger partial charge in [-0.1, -0.05) is 30.3 Å². The van der Waals surface area contributed by atoms with Gasteiger partial charge in [-0.05, 0) is 22.9 Å². The average molecular weight is 302 g/mol. The van der Waals surface area contributed by atoms with Gasteiger partial charge in [-0.15, -0.1) is 0 Å². The third kappa shape index (κ3) is 4.66. The number of fused-ring (bicyclic) bond motifs is 1. The van der Waals surface area contributed by atoms with Gasteiger partial charge in [0.25, 0.3) is 0 Å². The topological polar surface area (TPSA) is 76.7 Å². The summed E-state index contributed by atoms with van der Waals surface area (Å²) in [4.78, 5) is 22.2. The molecule has 6 heteroatoms. The number of benzene rings is 2. The molecule has 0 aromatic heterocycles. The number of rotatable bonds is 6. The Labute approximate surface area is 128 Å². The maximum Gasteiger partial charge on any atom is 0.407 e. The summed E-state index contributed by atoms with van der Waals surface area (Å²) in [6.45, 7) is 0.583. The van der Waals surface area contributed by atoms with Gasteiger partial charge in [-0.3, -0.25) is 4.79 Å². The molecule has 0 radical (unpaired) electrons. The van der Waals surface area contributed by atoms with Gasteiger partial charge in [0.2, 0.25) is 5.91 Å². The maximum atomic E-state index is 11.4. The first kappa shape index (κ1) is 15.6. The Hall–Kier alpha value is -2.76. The van der Waals surface area contributed by atoms with Crippen molar-refractivity contribution in [3.8, 4) is 5.75 Å². The summed E-state index contributed by atoms with van der Waals surface area (Å²) >= 11 is 0. The number of ether oxygens (including phenoxy) is 2.